The van der Waals surface area contributed by atoms with E-state index >= 15 is 0 Å². The van der Waals surface area contributed by atoms with Crippen LogP contribution in [0.5, 0.6) is 0 Å². The van der Waals surface area contributed by atoms with Gasteiger partial charge in [0.05, 0.1) is 29.2 Å². The topological polar surface area (TPSA) is 79.9 Å². The highest BCUT2D eigenvalue weighted by Gasteiger charge is 2.34. The minimum absolute atomic E-state index is 0.0288. The second kappa shape index (κ2) is 12.1. The number of amides is 1. The monoisotopic (exact) mass is 512 g/mol. The Hall–Kier alpha value is -3.64. The Morgan fingerprint density at radius 3 is 2.22 bits per heavy atom. The molecule has 0 aliphatic carbocycles. The second-order valence-corrected chi connectivity index (χ2v) is 10.7. The Balaban J connectivity index is 1.98. The number of nitrogens with one attached hydrogen (secondary N) is 1. The Kier molecular flexibility index (Phi) is 9.11. The molecule has 0 aliphatic heterocycles. The van der Waals surface area contributed by atoms with E-state index in [4.69, 9.17) is 11.6 Å². The van der Waals surface area contributed by atoms with Crippen LogP contribution in [0.2, 0.25) is 5.02 Å². The van der Waals surface area contributed by atoms with Crippen molar-refractivity contribution in [3.8, 4) is 12.1 Å². The van der Waals surface area contributed by atoms with Crippen molar-refractivity contribution in [1.82, 2.24) is 10.2 Å². The fraction of sp³-hybridized carbons (Fsp3) is 0.323. The van der Waals surface area contributed by atoms with Crippen LogP contribution in [0, 0.1) is 28.1 Å². The van der Waals surface area contributed by atoms with Gasteiger partial charge in [-0.2, -0.15) is 10.5 Å². The Bertz CT molecular complexity index is 1300. The van der Waals surface area contributed by atoms with E-state index in [2.05, 4.69) is 24.4 Å². The summed E-state index contributed by atoms with van der Waals surface area (Å²) in [5, 5.41) is 23.9. The van der Waals surface area contributed by atoms with E-state index < -0.39 is 5.41 Å². The first kappa shape index (κ1) is 27.9. The average Bonchev–Trinajstić information content (AvgIpc) is 2.90. The molecular weight excluding hydrogens is 480 g/mol. The highest BCUT2D eigenvalue weighted by atomic mass is 35.5. The molecule has 1 amide bonds. The predicted molar refractivity (Wildman–Crippen MR) is 148 cm³/mol. The van der Waals surface area contributed by atoms with Gasteiger partial charge in [-0.05, 0) is 80.3 Å². The average molecular weight is 513 g/mol. The van der Waals surface area contributed by atoms with Crippen LogP contribution in [0.25, 0.3) is 0 Å². The molecule has 0 heterocycles. The third kappa shape index (κ3) is 6.98. The van der Waals surface area contributed by atoms with Crippen LogP contribution in [0.3, 0.4) is 0 Å². The third-order valence-corrected chi connectivity index (χ3v) is 7.00. The molecule has 3 rings (SSSR count). The molecule has 3 aromatic carbocycles. The largest absolute Gasteiger partial charge is 0.345 e. The maximum atomic E-state index is 12.4. The Morgan fingerprint density at radius 1 is 1.00 bits per heavy atom. The first-order valence-corrected chi connectivity index (χ1v) is 12.7. The second-order valence-electron chi connectivity index (χ2n) is 10.2. The highest BCUT2D eigenvalue weighted by molar-refractivity contribution is 6.30. The summed E-state index contributed by atoms with van der Waals surface area (Å²) in [7, 11) is 3.45. The van der Waals surface area contributed by atoms with E-state index in [9.17, 15) is 15.3 Å². The fourth-order valence-corrected chi connectivity index (χ4v) is 4.66. The highest BCUT2D eigenvalue weighted by Crippen LogP contribution is 2.36. The summed E-state index contributed by atoms with van der Waals surface area (Å²) in [6, 6.07) is 27.3. The smallest absolute Gasteiger partial charge is 0.253 e. The van der Waals surface area contributed by atoms with Crippen molar-refractivity contribution in [3.63, 3.8) is 0 Å². The Labute approximate surface area is 225 Å². The number of hydrogen-bond acceptors (Lipinski definition) is 4. The van der Waals surface area contributed by atoms with E-state index in [1.165, 1.54) is 0 Å². The molecule has 0 spiro atoms. The molecule has 0 fully saturated rings. The maximum absolute atomic E-state index is 12.4. The summed E-state index contributed by atoms with van der Waals surface area (Å²) >= 11 is 6.12. The normalized spacial score (nSPS) is 13.6. The lowest BCUT2D eigenvalue weighted by Gasteiger charge is -2.36. The van der Waals surface area contributed by atoms with Crippen molar-refractivity contribution in [2.24, 2.45) is 5.41 Å². The van der Waals surface area contributed by atoms with Crippen molar-refractivity contribution in [3.05, 3.63) is 106 Å². The van der Waals surface area contributed by atoms with Crippen molar-refractivity contribution < 1.29 is 4.79 Å². The van der Waals surface area contributed by atoms with Gasteiger partial charge in [-0.1, -0.05) is 48.0 Å². The zero-order valence-electron chi connectivity index (χ0n) is 22.0. The number of rotatable bonds is 9. The van der Waals surface area contributed by atoms with Gasteiger partial charge in [0.15, 0.2) is 0 Å². The van der Waals surface area contributed by atoms with Crippen molar-refractivity contribution in [2.75, 3.05) is 14.1 Å². The SMILES string of the molecule is C[C@H](N[C@@H](c1ccc(C(=O)N(C)C)cc1)C(C)(C)C#N)C(Cc1ccc(Cl)cc1)c1cccc(C#N)c1. The van der Waals surface area contributed by atoms with E-state index in [-0.39, 0.29) is 23.9 Å². The Morgan fingerprint density at radius 2 is 1.65 bits per heavy atom. The molecule has 1 N–H and O–H groups in total. The molecular formula is C31H33ClN4O. The van der Waals surface area contributed by atoms with Gasteiger partial charge in [-0.25, -0.2) is 0 Å². The number of carbonyl (C=O) groups is 1. The van der Waals surface area contributed by atoms with Crippen LogP contribution in [0.4, 0.5) is 0 Å². The summed E-state index contributed by atoms with van der Waals surface area (Å²) in [6.07, 6.45) is 0.732. The molecule has 37 heavy (non-hydrogen) atoms. The van der Waals surface area contributed by atoms with Crippen molar-refractivity contribution in [2.45, 2.75) is 45.2 Å². The molecule has 0 aromatic heterocycles. The maximum Gasteiger partial charge on any atom is 0.253 e. The molecule has 0 saturated heterocycles. The third-order valence-electron chi connectivity index (χ3n) is 6.75. The zero-order valence-corrected chi connectivity index (χ0v) is 22.8. The van der Waals surface area contributed by atoms with Crippen LogP contribution in [-0.4, -0.2) is 30.9 Å². The number of halogens is 1. The molecule has 0 saturated carbocycles. The van der Waals surface area contributed by atoms with Gasteiger partial charge in [0.1, 0.15) is 0 Å². The number of benzene rings is 3. The number of nitrogens with zero attached hydrogens (tertiary/aromatic N) is 3. The molecule has 3 aromatic rings. The lowest BCUT2D eigenvalue weighted by atomic mass is 9.79. The van der Waals surface area contributed by atoms with Gasteiger partial charge >= 0.3 is 0 Å². The van der Waals surface area contributed by atoms with Gasteiger partial charge in [0.25, 0.3) is 5.91 Å². The van der Waals surface area contributed by atoms with Crippen LogP contribution in [0.15, 0.2) is 72.8 Å². The van der Waals surface area contributed by atoms with Crippen LogP contribution >= 0.6 is 11.6 Å². The van der Waals surface area contributed by atoms with Crippen LogP contribution in [-0.2, 0) is 6.42 Å². The summed E-state index contributed by atoms with van der Waals surface area (Å²) in [5.74, 6) is -0.0366. The minimum Gasteiger partial charge on any atom is -0.345 e. The summed E-state index contributed by atoms with van der Waals surface area (Å²) < 4.78 is 0. The lowest BCUT2D eigenvalue weighted by molar-refractivity contribution is 0.0827. The zero-order chi connectivity index (χ0) is 27.2. The van der Waals surface area contributed by atoms with Crippen molar-refractivity contribution in [1.29, 1.82) is 10.5 Å². The number of carbonyl (C=O) groups excluding carboxylic acids is 1. The first-order valence-electron chi connectivity index (χ1n) is 12.3. The summed E-state index contributed by atoms with van der Waals surface area (Å²) in [4.78, 5) is 13.9. The van der Waals surface area contributed by atoms with Gasteiger partial charge in [0.2, 0.25) is 0 Å². The van der Waals surface area contributed by atoms with Gasteiger partial charge in [-0.3, -0.25) is 4.79 Å². The lowest BCUT2D eigenvalue weighted by Crippen LogP contribution is -2.42. The van der Waals surface area contributed by atoms with E-state index in [0.717, 1.165) is 23.1 Å². The fourth-order valence-electron chi connectivity index (χ4n) is 4.54. The molecule has 3 atom stereocenters. The number of nitriles is 2. The molecule has 0 bridgehead atoms. The van der Waals surface area contributed by atoms with Gasteiger partial charge in [-0.15, -0.1) is 0 Å². The van der Waals surface area contributed by atoms with Gasteiger partial charge < -0.3 is 10.2 Å². The molecule has 190 valence electrons. The molecule has 0 aliphatic rings. The van der Waals surface area contributed by atoms with Crippen molar-refractivity contribution >= 4 is 17.5 Å². The molecule has 6 heteroatoms. The predicted octanol–water partition coefficient (Wildman–Crippen LogP) is 6.51. The summed E-state index contributed by atoms with van der Waals surface area (Å²) in [5.41, 5.74) is 3.61. The quantitative estimate of drug-likeness (QED) is 0.354. The van der Waals surface area contributed by atoms with E-state index in [0.29, 0.717) is 16.1 Å². The van der Waals surface area contributed by atoms with E-state index in [1.54, 1.807) is 25.1 Å². The number of hydrogen-bond donors (Lipinski definition) is 1. The van der Waals surface area contributed by atoms with Crippen LogP contribution < -0.4 is 5.32 Å². The molecule has 0 radical (unpaired) electrons. The summed E-state index contributed by atoms with van der Waals surface area (Å²) in [6.45, 7) is 5.95. The molecule has 5 nitrogen and oxygen atoms in total. The first-order chi connectivity index (χ1) is 17.6. The van der Waals surface area contributed by atoms with E-state index in [1.807, 2.05) is 80.6 Å². The van der Waals surface area contributed by atoms with Crippen LogP contribution in [0.1, 0.15) is 65.3 Å². The standard InChI is InChI=1S/C31H33ClN4O/c1-21(28(18-22-9-15-27(32)16-10-22)26-8-6-7-23(17-26)19-33)35-29(31(2,3)20-34)24-11-13-25(14-12-24)30(37)36(4)5/h6-17,21,28-29,35H,18H2,1-5H3/t21-,28?,29-/m0/s1. The minimum atomic E-state index is -0.722. The molecule has 1 unspecified atom stereocenters. The van der Waals surface area contributed by atoms with Gasteiger partial charge in [0, 0.05) is 36.6 Å².